The van der Waals surface area contributed by atoms with E-state index in [1.807, 2.05) is 0 Å². The molecule has 0 unspecified atom stereocenters. The van der Waals surface area contributed by atoms with Crippen LogP contribution in [-0.4, -0.2) is 44.9 Å². The molecule has 178 valence electrons. The van der Waals surface area contributed by atoms with Crippen molar-refractivity contribution in [2.45, 2.75) is 55.9 Å². The van der Waals surface area contributed by atoms with E-state index in [9.17, 15) is 17.6 Å². The molecular weight excluding hydrogens is 441 g/mol. The molecule has 0 spiro atoms. The first-order valence-electron chi connectivity index (χ1n) is 11.8. The molecule has 2 N–H and O–H groups in total. The lowest BCUT2D eigenvalue weighted by Gasteiger charge is -2.35. The Morgan fingerprint density at radius 1 is 0.939 bits per heavy atom. The van der Waals surface area contributed by atoms with Crippen LogP contribution >= 0.6 is 0 Å². The summed E-state index contributed by atoms with van der Waals surface area (Å²) in [6.45, 7) is 3.11. The molecule has 0 aromatic heterocycles. The highest BCUT2D eigenvalue weighted by Gasteiger charge is 2.25. The van der Waals surface area contributed by atoms with E-state index < -0.39 is 15.8 Å². The van der Waals surface area contributed by atoms with Crippen LogP contribution in [0.25, 0.3) is 0 Å². The molecule has 2 aromatic carbocycles. The van der Waals surface area contributed by atoms with Gasteiger partial charge in [0, 0.05) is 25.7 Å². The average molecular weight is 474 g/mol. The van der Waals surface area contributed by atoms with Crippen molar-refractivity contribution in [2.24, 2.45) is 5.92 Å². The molecule has 2 fully saturated rings. The van der Waals surface area contributed by atoms with Gasteiger partial charge in [-0.25, -0.2) is 12.8 Å². The minimum absolute atomic E-state index is 0.0653. The van der Waals surface area contributed by atoms with Crippen LogP contribution in [0.3, 0.4) is 0 Å². The maximum Gasteiger partial charge on any atom is 0.261 e. The van der Waals surface area contributed by atoms with Gasteiger partial charge < -0.3 is 10.2 Å². The number of hydrogen-bond acceptors (Lipinski definition) is 4. The number of nitrogens with one attached hydrogen (secondary N) is 2. The van der Waals surface area contributed by atoms with Crippen molar-refractivity contribution in [3.8, 4) is 0 Å². The van der Waals surface area contributed by atoms with Gasteiger partial charge in [0.15, 0.2) is 0 Å². The standard InChI is InChI=1S/C25H32FN3O3S/c26-20-10-12-22(13-11-20)33(31,32)28-24-9-5-4-8-23(24)25(30)27-21-14-16-29(17-15-21)18-19-6-2-1-3-7-19/h4-5,8-13,19,21,28H,1-3,6-7,14-18H2,(H,27,30). The van der Waals surface area contributed by atoms with Crippen molar-refractivity contribution < 1.29 is 17.6 Å². The molecule has 33 heavy (non-hydrogen) atoms. The van der Waals surface area contributed by atoms with E-state index in [0.29, 0.717) is 0 Å². The fourth-order valence-corrected chi connectivity index (χ4v) is 5.93. The van der Waals surface area contributed by atoms with Gasteiger partial charge in [0.2, 0.25) is 0 Å². The minimum atomic E-state index is -3.94. The van der Waals surface area contributed by atoms with Crippen molar-refractivity contribution in [1.82, 2.24) is 10.2 Å². The van der Waals surface area contributed by atoms with Crippen LogP contribution in [0, 0.1) is 11.7 Å². The van der Waals surface area contributed by atoms with Crippen LogP contribution in [0.15, 0.2) is 53.4 Å². The lowest BCUT2D eigenvalue weighted by atomic mass is 9.88. The molecule has 1 aliphatic carbocycles. The molecule has 1 amide bonds. The zero-order chi connectivity index (χ0) is 23.3. The average Bonchev–Trinajstić information content (AvgIpc) is 2.81. The van der Waals surface area contributed by atoms with E-state index >= 15 is 0 Å². The number of amides is 1. The highest BCUT2D eigenvalue weighted by Crippen LogP contribution is 2.26. The number of benzene rings is 2. The van der Waals surface area contributed by atoms with Crippen LogP contribution < -0.4 is 10.0 Å². The largest absolute Gasteiger partial charge is 0.349 e. The van der Waals surface area contributed by atoms with Crippen LogP contribution in [0.2, 0.25) is 0 Å². The fraction of sp³-hybridized carbons (Fsp3) is 0.480. The summed E-state index contributed by atoms with van der Waals surface area (Å²) < 4.78 is 41.1. The number of anilines is 1. The summed E-state index contributed by atoms with van der Waals surface area (Å²) >= 11 is 0. The Kier molecular flexibility index (Phi) is 7.65. The number of carbonyl (C=O) groups excluding carboxylic acids is 1. The third-order valence-corrected chi connectivity index (χ3v) is 8.09. The molecule has 6 nitrogen and oxygen atoms in total. The van der Waals surface area contributed by atoms with Crippen LogP contribution in [0.1, 0.15) is 55.3 Å². The summed E-state index contributed by atoms with van der Waals surface area (Å²) in [6.07, 6.45) is 8.52. The van der Waals surface area contributed by atoms with Gasteiger partial charge >= 0.3 is 0 Å². The molecule has 1 saturated carbocycles. The van der Waals surface area contributed by atoms with E-state index in [1.54, 1.807) is 24.3 Å². The number of nitrogens with zero attached hydrogens (tertiary/aromatic N) is 1. The molecule has 2 aliphatic rings. The first-order chi connectivity index (χ1) is 15.9. The number of halogens is 1. The molecule has 1 aliphatic heterocycles. The van der Waals surface area contributed by atoms with Crippen molar-refractivity contribution >= 4 is 21.6 Å². The van der Waals surface area contributed by atoms with Gasteiger partial charge in [-0.1, -0.05) is 31.4 Å². The van der Waals surface area contributed by atoms with Gasteiger partial charge in [-0.3, -0.25) is 9.52 Å². The van der Waals surface area contributed by atoms with E-state index in [0.717, 1.165) is 50.5 Å². The summed E-state index contributed by atoms with van der Waals surface area (Å²) in [6, 6.07) is 11.2. The highest BCUT2D eigenvalue weighted by atomic mass is 32.2. The molecule has 1 saturated heterocycles. The molecule has 4 rings (SSSR count). The Morgan fingerprint density at radius 3 is 2.30 bits per heavy atom. The number of piperidine rings is 1. The van der Waals surface area contributed by atoms with Crippen molar-refractivity contribution in [1.29, 1.82) is 0 Å². The number of para-hydroxylation sites is 1. The molecule has 0 radical (unpaired) electrons. The number of rotatable bonds is 7. The van der Waals surface area contributed by atoms with Gasteiger partial charge in [0.05, 0.1) is 16.1 Å². The lowest BCUT2D eigenvalue weighted by molar-refractivity contribution is 0.0902. The number of hydrogen-bond donors (Lipinski definition) is 2. The molecule has 0 bridgehead atoms. The third-order valence-electron chi connectivity index (χ3n) is 6.70. The normalized spacial score (nSPS) is 18.7. The summed E-state index contributed by atoms with van der Waals surface area (Å²) in [4.78, 5) is 15.4. The molecule has 2 aromatic rings. The maximum absolute atomic E-state index is 13.2. The number of likely N-dealkylation sites (tertiary alicyclic amines) is 1. The summed E-state index contributed by atoms with van der Waals surface area (Å²) in [7, 11) is -3.94. The molecule has 1 heterocycles. The molecule has 0 atom stereocenters. The zero-order valence-electron chi connectivity index (χ0n) is 18.8. The zero-order valence-corrected chi connectivity index (χ0v) is 19.6. The Balaban J connectivity index is 1.35. The summed E-state index contributed by atoms with van der Waals surface area (Å²) in [5, 5.41) is 3.08. The van der Waals surface area contributed by atoms with E-state index in [-0.39, 0.29) is 28.1 Å². The maximum atomic E-state index is 13.2. The Labute approximate surface area is 195 Å². The molecular formula is C25H32FN3O3S. The molecule has 8 heteroatoms. The number of sulfonamides is 1. The second kappa shape index (κ2) is 10.7. The first-order valence-corrected chi connectivity index (χ1v) is 13.3. The van der Waals surface area contributed by atoms with Crippen molar-refractivity contribution in [3.05, 3.63) is 59.9 Å². The van der Waals surface area contributed by atoms with Crippen LogP contribution in [-0.2, 0) is 10.0 Å². The quantitative estimate of drug-likeness (QED) is 0.625. The first kappa shape index (κ1) is 23.7. The van der Waals surface area contributed by atoms with Crippen molar-refractivity contribution in [3.63, 3.8) is 0 Å². The van der Waals surface area contributed by atoms with Crippen molar-refractivity contribution in [2.75, 3.05) is 24.4 Å². The van der Waals surface area contributed by atoms with Gasteiger partial charge in [-0.05, 0) is 68.0 Å². The number of carbonyl (C=O) groups is 1. The topological polar surface area (TPSA) is 78.5 Å². The highest BCUT2D eigenvalue weighted by molar-refractivity contribution is 7.92. The van der Waals surface area contributed by atoms with Gasteiger partial charge in [-0.2, -0.15) is 0 Å². The van der Waals surface area contributed by atoms with Gasteiger partial charge in [-0.15, -0.1) is 0 Å². The summed E-state index contributed by atoms with van der Waals surface area (Å²) in [5.41, 5.74) is 0.474. The minimum Gasteiger partial charge on any atom is -0.349 e. The van der Waals surface area contributed by atoms with E-state index in [1.165, 1.54) is 44.2 Å². The summed E-state index contributed by atoms with van der Waals surface area (Å²) in [5.74, 6) is 0.00236. The third kappa shape index (κ3) is 6.32. The fourth-order valence-electron chi connectivity index (χ4n) is 4.85. The smallest absolute Gasteiger partial charge is 0.261 e. The van der Waals surface area contributed by atoms with Gasteiger partial charge in [0.1, 0.15) is 5.82 Å². The van der Waals surface area contributed by atoms with Gasteiger partial charge in [0.25, 0.3) is 15.9 Å². The van der Waals surface area contributed by atoms with Crippen LogP contribution in [0.4, 0.5) is 10.1 Å². The Morgan fingerprint density at radius 2 is 1.61 bits per heavy atom. The predicted octanol–water partition coefficient (Wildman–Crippen LogP) is 4.40. The van der Waals surface area contributed by atoms with Crippen LogP contribution in [0.5, 0.6) is 0 Å². The SMILES string of the molecule is O=C(NC1CCN(CC2CCCCC2)CC1)c1ccccc1NS(=O)(=O)c1ccc(F)cc1. The van der Waals surface area contributed by atoms with E-state index in [4.69, 9.17) is 0 Å². The second-order valence-corrected chi connectivity index (χ2v) is 10.8. The lowest BCUT2D eigenvalue weighted by Crippen LogP contribution is -2.46. The monoisotopic (exact) mass is 473 g/mol. The Hall–Kier alpha value is -2.45. The Bertz CT molecular complexity index is 1040. The second-order valence-electron chi connectivity index (χ2n) is 9.16. The van der Waals surface area contributed by atoms with E-state index in [2.05, 4.69) is 14.9 Å². The predicted molar refractivity (Wildman–Crippen MR) is 127 cm³/mol.